The summed E-state index contributed by atoms with van der Waals surface area (Å²) in [6, 6.07) is 0. The average Bonchev–Trinajstić information content (AvgIpc) is 2.93. The van der Waals surface area contributed by atoms with Gasteiger partial charge in [0.15, 0.2) is 5.78 Å². The Morgan fingerprint density at radius 3 is 2.36 bits per heavy atom. The number of hydrogen-bond acceptors (Lipinski definition) is 3. The van der Waals surface area contributed by atoms with Gasteiger partial charge in [0.25, 0.3) is 0 Å². The topological polar surface area (TPSA) is 74.6 Å². The number of carbonyl (C=O) groups excluding carboxylic acids is 1. The summed E-state index contributed by atoms with van der Waals surface area (Å²) in [5.74, 6) is 0.0536. The van der Waals surface area contributed by atoms with Crippen LogP contribution in [-0.4, -0.2) is 28.1 Å². The van der Waals surface area contributed by atoms with Crippen LogP contribution in [0.5, 0.6) is 0 Å². The highest BCUT2D eigenvalue weighted by atomic mass is 16.4. The Bertz CT molecular complexity index is 416. The molecule has 0 aliphatic heterocycles. The number of aliphatic carboxylic acids is 1. The number of ketones is 1. The highest BCUT2D eigenvalue weighted by Crippen LogP contribution is 2.36. The number of unbranched alkanes of at least 4 members (excludes halogenated alkanes) is 6. The minimum Gasteiger partial charge on any atom is -0.481 e. The van der Waals surface area contributed by atoms with E-state index in [0.29, 0.717) is 12.3 Å². The van der Waals surface area contributed by atoms with Crippen LogP contribution in [0.3, 0.4) is 0 Å². The largest absolute Gasteiger partial charge is 0.481 e. The first-order chi connectivity index (χ1) is 12.0. The first-order valence-corrected chi connectivity index (χ1v) is 10.2. The van der Waals surface area contributed by atoms with Gasteiger partial charge in [0.05, 0.1) is 6.10 Å². The summed E-state index contributed by atoms with van der Waals surface area (Å²) >= 11 is 0. The number of carboxylic acid groups (broad SMARTS) is 1. The van der Waals surface area contributed by atoms with E-state index >= 15 is 0 Å². The van der Waals surface area contributed by atoms with Crippen molar-refractivity contribution < 1.29 is 19.8 Å². The van der Waals surface area contributed by atoms with E-state index < -0.39 is 5.97 Å². The zero-order valence-corrected chi connectivity index (χ0v) is 15.8. The van der Waals surface area contributed by atoms with Crippen LogP contribution in [0.2, 0.25) is 0 Å². The lowest BCUT2D eigenvalue weighted by Crippen LogP contribution is -2.18. The molecule has 0 saturated heterocycles. The number of rotatable bonds is 14. The van der Waals surface area contributed by atoms with Gasteiger partial charge in [-0.1, -0.05) is 51.5 Å². The van der Waals surface area contributed by atoms with E-state index in [4.69, 9.17) is 5.11 Å². The number of hydrogen-bond donors (Lipinski definition) is 2. The number of aliphatic hydroxyl groups is 1. The van der Waals surface area contributed by atoms with E-state index in [1.165, 1.54) is 12.8 Å². The Morgan fingerprint density at radius 2 is 1.64 bits per heavy atom. The van der Waals surface area contributed by atoms with Crippen LogP contribution in [-0.2, 0) is 9.59 Å². The minimum atomic E-state index is -0.726. The second kappa shape index (κ2) is 13.1. The molecular weight excluding hydrogens is 316 g/mol. The third kappa shape index (κ3) is 9.78. The maximum atomic E-state index is 11.9. The molecule has 1 aliphatic rings. The van der Waals surface area contributed by atoms with Crippen molar-refractivity contribution in [3.05, 3.63) is 12.2 Å². The number of carbonyl (C=O) groups is 2. The van der Waals surface area contributed by atoms with Crippen LogP contribution < -0.4 is 0 Å². The number of allylic oxidation sites excluding steroid dienone is 2. The molecule has 1 rings (SSSR count). The molecule has 1 fully saturated rings. The molecule has 0 aromatic rings. The maximum Gasteiger partial charge on any atom is 0.303 e. The highest BCUT2D eigenvalue weighted by molar-refractivity contribution is 5.89. The van der Waals surface area contributed by atoms with E-state index in [-0.39, 0.29) is 24.2 Å². The molecular formula is C21H36O4. The van der Waals surface area contributed by atoms with Crippen molar-refractivity contribution in [1.82, 2.24) is 0 Å². The Hall–Kier alpha value is -1.16. The minimum absolute atomic E-state index is 0.213. The Kier molecular flexibility index (Phi) is 11.5. The van der Waals surface area contributed by atoms with Gasteiger partial charge in [-0.25, -0.2) is 0 Å². The molecule has 0 heterocycles. The SMILES string of the molecule is CCCCCCC(=O)C=CC1CCC(O)C1CCCCCCC(=O)O. The summed E-state index contributed by atoms with van der Waals surface area (Å²) in [5.41, 5.74) is 0. The van der Waals surface area contributed by atoms with Crippen molar-refractivity contribution in [3.63, 3.8) is 0 Å². The van der Waals surface area contributed by atoms with Crippen molar-refractivity contribution in [2.24, 2.45) is 11.8 Å². The van der Waals surface area contributed by atoms with Gasteiger partial charge in [0, 0.05) is 12.8 Å². The van der Waals surface area contributed by atoms with E-state index in [1.54, 1.807) is 6.08 Å². The maximum absolute atomic E-state index is 11.9. The number of carboxylic acids is 1. The summed E-state index contributed by atoms with van der Waals surface area (Å²) in [5, 5.41) is 18.8. The molecule has 0 spiro atoms. The molecule has 0 bridgehead atoms. The Balaban J connectivity index is 2.26. The smallest absolute Gasteiger partial charge is 0.303 e. The molecule has 3 atom stereocenters. The average molecular weight is 353 g/mol. The predicted octanol–water partition coefficient (Wildman–Crippen LogP) is 4.89. The fourth-order valence-corrected chi connectivity index (χ4v) is 3.77. The van der Waals surface area contributed by atoms with Gasteiger partial charge < -0.3 is 10.2 Å². The van der Waals surface area contributed by atoms with Crippen LogP contribution in [0.25, 0.3) is 0 Å². The van der Waals surface area contributed by atoms with Gasteiger partial charge in [-0.05, 0) is 50.0 Å². The van der Waals surface area contributed by atoms with E-state index in [9.17, 15) is 14.7 Å². The quantitative estimate of drug-likeness (QED) is 0.344. The molecule has 0 amide bonds. The van der Waals surface area contributed by atoms with Crippen LogP contribution in [0.1, 0.15) is 90.4 Å². The first kappa shape index (κ1) is 21.9. The molecule has 4 heteroatoms. The molecule has 0 aromatic carbocycles. The zero-order valence-electron chi connectivity index (χ0n) is 15.8. The Labute approximate surface area is 152 Å². The lowest BCUT2D eigenvalue weighted by molar-refractivity contribution is -0.137. The summed E-state index contributed by atoms with van der Waals surface area (Å²) in [7, 11) is 0. The highest BCUT2D eigenvalue weighted by Gasteiger charge is 2.32. The van der Waals surface area contributed by atoms with Crippen LogP contribution in [0, 0.1) is 11.8 Å². The second-order valence-corrected chi connectivity index (χ2v) is 7.46. The number of aliphatic hydroxyl groups excluding tert-OH is 1. The standard InChI is InChI=1S/C21H36O4/c1-2-3-4-7-10-18(22)15-13-17-14-16-20(23)19(17)11-8-5-6-9-12-21(24)25/h13,15,17,19-20,23H,2-12,14,16H2,1H3,(H,24,25). The van der Waals surface area contributed by atoms with Gasteiger partial charge in [-0.2, -0.15) is 0 Å². The lowest BCUT2D eigenvalue weighted by Gasteiger charge is -2.19. The molecule has 1 aliphatic carbocycles. The van der Waals surface area contributed by atoms with Crippen molar-refractivity contribution >= 4 is 11.8 Å². The lowest BCUT2D eigenvalue weighted by atomic mass is 9.88. The van der Waals surface area contributed by atoms with Crippen molar-refractivity contribution in [2.45, 2.75) is 96.5 Å². The summed E-state index contributed by atoms with van der Waals surface area (Å²) in [6.07, 6.45) is 15.4. The molecule has 0 radical (unpaired) electrons. The monoisotopic (exact) mass is 352 g/mol. The van der Waals surface area contributed by atoms with Crippen molar-refractivity contribution in [1.29, 1.82) is 0 Å². The van der Waals surface area contributed by atoms with Crippen molar-refractivity contribution in [3.8, 4) is 0 Å². The van der Waals surface area contributed by atoms with E-state index in [1.807, 2.05) is 6.08 Å². The van der Waals surface area contributed by atoms with E-state index in [2.05, 4.69) is 6.92 Å². The Morgan fingerprint density at radius 1 is 0.960 bits per heavy atom. The molecule has 1 saturated carbocycles. The van der Waals surface area contributed by atoms with Gasteiger partial charge in [-0.3, -0.25) is 9.59 Å². The predicted molar refractivity (Wildman–Crippen MR) is 100 cm³/mol. The normalized spacial score (nSPS) is 23.4. The molecule has 3 unspecified atom stereocenters. The third-order valence-corrected chi connectivity index (χ3v) is 5.32. The zero-order chi connectivity index (χ0) is 18.5. The van der Waals surface area contributed by atoms with E-state index in [0.717, 1.165) is 57.8 Å². The molecule has 4 nitrogen and oxygen atoms in total. The fourth-order valence-electron chi connectivity index (χ4n) is 3.77. The van der Waals surface area contributed by atoms with Crippen LogP contribution >= 0.6 is 0 Å². The summed E-state index contributed by atoms with van der Waals surface area (Å²) < 4.78 is 0. The van der Waals surface area contributed by atoms with Crippen LogP contribution in [0.4, 0.5) is 0 Å². The van der Waals surface area contributed by atoms with Crippen LogP contribution in [0.15, 0.2) is 12.2 Å². The fraction of sp³-hybridized carbons (Fsp3) is 0.810. The van der Waals surface area contributed by atoms with Gasteiger partial charge >= 0.3 is 5.97 Å². The summed E-state index contributed by atoms with van der Waals surface area (Å²) in [6.45, 7) is 2.17. The van der Waals surface area contributed by atoms with Gasteiger partial charge in [-0.15, -0.1) is 0 Å². The third-order valence-electron chi connectivity index (χ3n) is 5.32. The van der Waals surface area contributed by atoms with Gasteiger partial charge in [0.2, 0.25) is 0 Å². The molecule has 25 heavy (non-hydrogen) atoms. The first-order valence-electron chi connectivity index (χ1n) is 10.2. The van der Waals surface area contributed by atoms with Crippen molar-refractivity contribution in [2.75, 3.05) is 0 Å². The molecule has 144 valence electrons. The van der Waals surface area contributed by atoms with Gasteiger partial charge in [0.1, 0.15) is 0 Å². The molecule has 2 N–H and O–H groups in total. The second-order valence-electron chi connectivity index (χ2n) is 7.46. The summed E-state index contributed by atoms with van der Waals surface area (Å²) in [4.78, 5) is 22.4. The molecule has 0 aromatic heterocycles.